The summed E-state index contributed by atoms with van der Waals surface area (Å²) in [6.45, 7) is 10.4. The molecule has 0 radical (unpaired) electrons. The summed E-state index contributed by atoms with van der Waals surface area (Å²) in [4.78, 5) is 4.11. The molecule has 4 unspecified atom stereocenters. The van der Waals surface area contributed by atoms with Gasteiger partial charge < -0.3 is 9.88 Å². The number of imidazole rings is 1. The Morgan fingerprint density at radius 1 is 1.32 bits per heavy atom. The zero-order valence-corrected chi connectivity index (χ0v) is 12.8. The molecule has 1 N–H and O–H groups in total. The van der Waals surface area contributed by atoms with Crippen LogP contribution in [0.3, 0.4) is 0 Å². The van der Waals surface area contributed by atoms with Crippen LogP contribution in [0.5, 0.6) is 0 Å². The molecular formula is C16H29N3. The molecule has 108 valence electrons. The van der Waals surface area contributed by atoms with Crippen LogP contribution < -0.4 is 5.32 Å². The fraction of sp³-hybridized carbons (Fsp3) is 0.812. The van der Waals surface area contributed by atoms with Crippen molar-refractivity contribution in [1.29, 1.82) is 0 Å². The van der Waals surface area contributed by atoms with Crippen molar-refractivity contribution in [1.82, 2.24) is 14.9 Å². The molecule has 1 aliphatic rings. The Hall–Kier alpha value is -0.830. The number of nitrogens with one attached hydrogen (secondary N) is 1. The zero-order valence-electron chi connectivity index (χ0n) is 12.8. The molecule has 1 saturated carbocycles. The highest BCUT2D eigenvalue weighted by Gasteiger charge is 2.31. The van der Waals surface area contributed by atoms with E-state index < -0.39 is 0 Å². The van der Waals surface area contributed by atoms with Crippen LogP contribution in [0, 0.1) is 17.8 Å². The smallest absolute Gasteiger partial charge is 0.0946 e. The average molecular weight is 263 g/mol. The van der Waals surface area contributed by atoms with Crippen molar-refractivity contribution in [2.75, 3.05) is 0 Å². The highest BCUT2D eigenvalue weighted by Crippen LogP contribution is 2.33. The van der Waals surface area contributed by atoms with Crippen molar-refractivity contribution in [2.45, 2.75) is 65.6 Å². The molecule has 1 fully saturated rings. The topological polar surface area (TPSA) is 29.9 Å². The predicted octanol–water partition coefficient (Wildman–Crippen LogP) is 3.32. The normalized spacial score (nSPS) is 29.6. The molecular weight excluding hydrogens is 234 g/mol. The van der Waals surface area contributed by atoms with E-state index in [1.165, 1.54) is 19.3 Å². The summed E-state index contributed by atoms with van der Waals surface area (Å²) in [6.07, 6.45) is 9.91. The van der Waals surface area contributed by atoms with Crippen molar-refractivity contribution < 1.29 is 0 Å². The van der Waals surface area contributed by atoms with Crippen LogP contribution in [-0.4, -0.2) is 21.6 Å². The van der Waals surface area contributed by atoms with Gasteiger partial charge in [0.15, 0.2) is 0 Å². The molecule has 1 aliphatic carbocycles. The Balaban J connectivity index is 1.90. The zero-order chi connectivity index (χ0) is 13.8. The third-order valence-electron chi connectivity index (χ3n) is 4.56. The number of aromatic nitrogens is 2. The highest BCUT2D eigenvalue weighted by atomic mass is 15.1. The SMILES string of the molecule is CC1CCC(C(C)C)C(NC(C)Cn2ccnc2)C1. The summed E-state index contributed by atoms with van der Waals surface area (Å²) >= 11 is 0. The van der Waals surface area contributed by atoms with Gasteiger partial charge in [-0.25, -0.2) is 4.98 Å². The minimum Gasteiger partial charge on any atom is -0.336 e. The van der Waals surface area contributed by atoms with E-state index in [4.69, 9.17) is 0 Å². The number of rotatable bonds is 5. The van der Waals surface area contributed by atoms with E-state index >= 15 is 0 Å². The van der Waals surface area contributed by atoms with Gasteiger partial charge in [0, 0.05) is 31.0 Å². The minimum absolute atomic E-state index is 0.505. The second-order valence-corrected chi connectivity index (χ2v) is 6.76. The van der Waals surface area contributed by atoms with Gasteiger partial charge in [-0.3, -0.25) is 0 Å². The van der Waals surface area contributed by atoms with Gasteiger partial charge in [0.05, 0.1) is 6.33 Å². The molecule has 4 atom stereocenters. The van der Waals surface area contributed by atoms with Crippen LogP contribution >= 0.6 is 0 Å². The quantitative estimate of drug-likeness (QED) is 0.883. The van der Waals surface area contributed by atoms with Gasteiger partial charge in [-0.1, -0.05) is 27.2 Å². The molecule has 3 nitrogen and oxygen atoms in total. The van der Waals surface area contributed by atoms with Crippen molar-refractivity contribution in [3.8, 4) is 0 Å². The summed E-state index contributed by atoms with van der Waals surface area (Å²) in [5, 5.41) is 3.87. The molecule has 0 saturated heterocycles. The summed E-state index contributed by atoms with van der Waals surface area (Å²) in [5.41, 5.74) is 0. The first-order valence-electron chi connectivity index (χ1n) is 7.78. The maximum Gasteiger partial charge on any atom is 0.0946 e. The predicted molar refractivity (Wildman–Crippen MR) is 80.0 cm³/mol. The van der Waals surface area contributed by atoms with Gasteiger partial charge >= 0.3 is 0 Å². The lowest BCUT2D eigenvalue weighted by Gasteiger charge is -2.39. The van der Waals surface area contributed by atoms with Crippen molar-refractivity contribution in [2.24, 2.45) is 17.8 Å². The first-order chi connectivity index (χ1) is 9.06. The third-order valence-corrected chi connectivity index (χ3v) is 4.56. The summed E-state index contributed by atoms with van der Waals surface area (Å²) in [5.74, 6) is 2.49. The highest BCUT2D eigenvalue weighted by molar-refractivity contribution is 4.87. The van der Waals surface area contributed by atoms with Crippen molar-refractivity contribution >= 4 is 0 Å². The number of nitrogens with zero attached hydrogens (tertiary/aromatic N) is 2. The van der Waals surface area contributed by atoms with Crippen LogP contribution in [0.1, 0.15) is 47.0 Å². The Morgan fingerprint density at radius 3 is 2.74 bits per heavy atom. The molecule has 19 heavy (non-hydrogen) atoms. The second-order valence-electron chi connectivity index (χ2n) is 6.76. The van der Waals surface area contributed by atoms with E-state index in [1.54, 1.807) is 0 Å². The average Bonchev–Trinajstić information content (AvgIpc) is 2.81. The second kappa shape index (κ2) is 6.56. The first-order valence-corrected chi connectivity index (χ1v) is 7.78. The molecule has 1 heterocycles. The van der Waals surface area contributed by atoms with E-state index in [1.807, 2.05) is 18.7 Å². The molecule has 3 heteroatoms. The van der Waals surface area contributed by atoms with Gasteiger partial charge in [-0.15, -0.1) is 0 Å². The Labute approximate surface area is 117 Å². The van der Waals surface area contributed by atoms with Crippen LogP contribution in [0.25, 0.3) is 0 Å². The van der Waals surface area contributed by atoms with Crippen LogP contribution in [-0.2, 0) is 6.54 Å². The lowest BCUT2D eigenvalue weighted by molar-refractivity contribution is 0.158. The summed E-state index contributed by atoms with van der Waals surface area (Å²) < 4.78 is 2.16. The van der Waals surface area contributed by atoms with Gasteiger partial charge in [0.25, 0.3) is 0 Å². The molecule has 0 amide bonds. The van der Waals surface area contributed by atoms with Gasteiger partial charge in [0.1, 0.15) is 0 Å². The van der Waals surface area contributed by atoms with Crippen LogP contribution in [0.15, 0.2) is 18.7 Å². The molecule has 0 aromatic carbocycles. The standard InChI is InChI=1S/C16H29N3/c1-12(2)15-6-5-13(3)9-16(15)18-14(4)10-19-8-7-17-11-19/h7-8,11-16,18H,5-6,9-10H2,1-4H3. The van der Waals surface area contributed by atoms with Crippen LogP contribution in [0.2, 0.25) is 0 Å². The fourth-order valence-electron chi connectivity index (χ4n) is 3.52. The van der Waals surface area contributed by atoms with Crippen LogP contribution in [0.4, 0.5) is 0 Å². The van der Waals surface area contributed by atoms with Gasteiger partial charge in [-0.05, 0) is 37.5 Å². The van der Waals surface area contributed by atoms with Gasteiger partial charge in [0.2, 0.25) is 0 Å². The maximum absolute atomic E-state index is 4.11. The van der Waals surface area contributed by atoms with E-state index in [-0.39, 0.29) is 0 Å². The molecule has 0 aliphatic heterocycles. The minimum atomic E-state index is 0.505. The molecule has 2 rings (SSSR count). The lowest BCUT2D eigenvalue weighted by atomic mass is 9.74. The Morgan fingerprint density at radius 2 is 2.11 bits per heavy atom. The maximum atomic E-state index is 4.11. The monoisotopic (exact) mass is 263 g/mol. The van der Waals surface area contributed by atoms with E-state index in [0.717, 1.165) is 24.3 Å². The summed E-state index contributed by atoms with van der Waals surface area (Å²) in [7, 11) is 0. The molecule has 0 spiro atoms. The van der Waals surface area contributed by atoms with E-state index in [9.17, 15) is 0 Å². The van der Waals surface area contributed by atoms with E-state index in [0.29, 0.717) is 12.1 Å². The van der Waals surface area contributed by atoms with E-state index in [2.05, 4.69) is 42.6 Å². The fourth-order valence-corrected chi connectivity index (χ4v) is 3.52. The summed E-state index contributed by atoms with van der Waals surface area (Å²) in [6, 6.07) is 1.19. The Bertz CT molecular complexity index is 358. The first kappa shape index (κ1) is 14.6. The number of hydrogen-bond donors (Lipinski definition) is 1. The molecule has 1 aromatic rings. The number of hydrogen-bond acceptors (Lipinski definition) is 2. The molecule has 1 aromatic heterocycles. The third kappa shape index (κ3) is 4.07. The Kier molecular flexibility index (Phi) is 5.03. The lowest BCUT2D eigenvalue weighted by Crippen LogP contribution is -2.47. The van der Waals surface area contributed by atoms with Crippen molar-refractivity contribution in [3.05, 3.63) is 18.7 Å². The van der Waals surface area contributed by atoms with Gasteiger partial charge in [-0.2, -0.15) is 0 Å². The largest absolute Gasteiger partial charge is 0.336 e. The van der Waals surface area contributed by atoms with Crippen molar-refractivity contribution in [3.63, 3.8) is 0 Å². The molecule has 0 bridgehead atoms.